The van der Waals surface area contributed by atoms with Crippen molar-refractivity contribution in [1.82, 2.24) is 20.2 Å². The number of rotatable bonds is 7. The van der Waals surface area contributed by atoms with Gasteiger partial charge in [-0.2, -0.15) is 4.98 Å². The first-order valence-electron chi connectivity index (χ1n) is 5.00. The predicted octanol–water partition coefficient (Wildman–Crippen LogP) is -0.593. The second-order valence-corrected chi connectivity index (χ2v) is 5.15. The molecule has 0 aliphatic rings. The lowest BCUT2D eigenvalue weighted by atomic mass is 10.6. The Hall–Kier alpha value is -0.990. The summed E-state index contributed by atoms with van der Waals surface area (Å²) in [6, 6.07) is 0. The molecule has 0 aliphatic heterocycles. The molecule has 7 nitrogen and oxygen atoms in total. The van der Waals surface area contributed by atoms with Crippen LogP contribution in [0.15, 0.2) is 4.52 Å². The highest BCUT2D eigenvalue weighted by Gasteiger charge is 2.11. The number of sulfonamides is 1. The summed E-state index contributed by atoms with van der Waals surface area (Å²) >= 11 is 0. The second-order valence-electron chi connectivity index (χ2n) is 3.22. The molecule has 0 saturated heterocycles. The van der Waals surface area contributed by atoms with Gasteiger partial charge >= 0.3 is 0 Å². The molecule has 1 heterocycles. The molecular weight excluding hydrogens is 232 g/mol. The third-order valence-electron chi connectivity index (χ3n) is 1.82. The Morgan fingerprint density at radius 1 is 1.44 bits per heavy atom. The Morgan fingerprint density at radius 2 is 2.19 bits per heavy atom. The maximum Gasteiger partial charge on any atom is 0.223 e. The maximum atomic E-state index is 11.4. The van der Waals surface area contributed by atoms with Gasteiger partial charge in [-0.1, -0.05) is 12.1 Å². The van der Waals surface area contributed by atoms with Crippen LogP contribution in [0.3, 0.4) is 0 Å². The summed E-state index contributed by atoms with van der Waals surface area (Å²) in [5.41, 5.74) is 0. The molecule has 2 N–H and O–H groups in total. The molecule has 0 amide bonds. The topological polar surface area (TPSA) is 97.1 Å². The summed E-state index contributed by atoms with van der Waals surface area (Å²) in [7, 11) is -3.28. The van der Waals surface area contributed by atoms with Gasteiger partial charge in [-0.05, 0) is 6.54 Å². The van der Waals surface area contributed by atoms with Crippen molar-refractivity contribution in [3.8, 4) is 0 Å². The third kappa shape index (κ3) is 4.69. The first-order chi connectivity index (χ1) is 7.53. The quantitative estimate of drug-likeness (QED) is 0.626. The summed E-state index contributed by atoms with van der Waals surface area (Å²) in [5, 5.41) is 6.52. The van der Waals surface area contributed by atoms with E-state index in [-0.39, 0.29) is 12.3 Å². The van der Waals surface area contributed by atoms with E-state index in [2.05, 4.69) is 20.2 Å². The van der Waals surface area contributed by atoms with E-state index in [0.717, 1.165) is 6.54 Å². The fraction of sp³-hybridized carbons (Fsp3) is 0.750. The predicted molar refractivity (Wildman–Crippen MR) is 58.2 cm³/mol. The first kappa shape index (κ1) is 13.1. The van der Waals surface area contributed by atoms with Gasteiger partial charge in [0.05, 0.1) is 12.3 Å². The summed E-state index contributed by atoms with van der Waals surface area (Å²) < 4.78 is 30.0. The van der Waals surface area contributed by atoms with E-state index < -0.39 is 10.0 Å². The van der Waals surface area contributed by atoms with E-state index in [1.54, 1.807) is 6.92 Å². The molecular formula is C8H16N4O3S. The van der Waals surface area contributed by atoms with Gasteiger partial charge in [-0.25, -0.2) is 13.1 Å². The molecule has 8 heteroatoms. The number of hydrogen-bond acceptors (Lipinski definition) is 6. The van der Waals surface area contributed by atoms with E-state index in [0.29, 0.717) is 18.3 Å². The summed E-state index contributed by atoms with van der Waals surface area (Å²) in [6.07, 6.45) is 0. The fourth-order valence-electron chi connectivity index (χ4n) is 1.04. The van der Waals surface area contributed by atoms with Gasteiger partial charge in [0.1, 0.15) is 0 Å². The minimum Gasteiger partial charge on any atom is -0.340 e. The number of aryl methyl sites for hydroxylation is 1. The molecule has 92 valence electrons. The minimum atomic E-state index is -3.28. The van der Waals surface area contributed by atoms with Crippen LogP contribution in [0.2, 0.25) is 0 Å². The van der Waals surface area contributed by atoms with Crippen molar-refractivity contribution >= 4 is 10.0 Å². The number of nitrogens with one attached hydrogen (secondary N) is 2. The van der Waals surface area contributed by atoms with Crippen LogP contribution < -0.4 is 10.0 Å². The Labute approximate surface area is 94.7 Å². The van der Waals surface area contributed by atoms with E-state index in [4.69, 9.17) is 4.52 Å². The van der Waals surface area contributed by atoms with Crippen molar-refractivity contribution in [3.63, 3.8) is 0 Å². The second kappa shape index (κ2) is 5.92. The van der Waals surface area contributed by atoms with Crippen molar-refractivity contribution < 1.29 is 12.9 Å². The van der Waals surface area contributed by atoms with Crippen LogP contribution >= 0.6 is 0 Å². The van der Waals surface area contributed by atoms with Crippen molar-refractivity contribution in [1.29, 1.82) is 0 Å². The number of hydrogen-bond donors (Lipinski definition) is 2. The fourth-order valence-corrected chi connectivity index (χ4v) is 1.95. The Bertz CT molecular complexity index is 415. The van der Waals surface area contributed by atoms with Crippen molar-refractivity contribution in [3.05, 3.63) is 11.7 Å². The molecule has 0 bridgehead atoms. The van der Waals surface area contributed by atoms with Crippen LogP contribution in [-0.4, -0.2) is 37.4 Å². The van der Waals surface area contributed by atoms with E-state index >= 15 is 0 Å². The summed E-state index contributed by atoms with van der Waals surface area (Å²) in [4.78, 5) is 3.89. The highest BCUT2D eigenvalue weighted by atomic mass is 32.2. The molecule has 0 unspecified atom stereocenters. The molecule has 0 spiro atoms. The van der Waals surface area contributed by atoms with E-state index in [1.165, 1.54) is 0 Å². The standard InChI is InChI=1S/C8H16N4O3S/c1-3-9-4-5-16(13,14)10-6-8-11-7(2)15-12-8/h9-10H,3-6H2,1-2H3. The zero-order valence-electron chi connectivity index (χ0n) is 9.36. The lowest BCUT2D eigenvalue weighted by Crippen LogP contribution is -2.31. The van der Waals surface area contributed by atoms with Crippen molar-refractivity contribution in [2.24, 2.45) is 0 Å². The van der Waals surface area contributed by atoms with Gasteiger partial charge in [-0.15, -0.1) is 0 Å². The van der Waals surface area contributed by atoms with Gasteiger partial charge in [0.2, 0.25) is 15.9 Å². The Kier molecular flexibility index (Phi) is 4.84. The van der Waals surface area contributed by atoms with E-state index in [9.17, 15) is 8.42 Å². The lowest BCUT2D eigenvalue weighted by molar-refractivity contribution is 0.387. The molecule has 1 rings (SSSR count). The van der Waals surface area contributed by atoms with Gasteiger partial charge in [0, 0.05) is 13.5 Å². The van der Waals surface area contributed by atoms with Gasteiger partial charge < -0.3 is 9.84 Å². The van der Waals surface area contributed by atoms with Crippen LogP contribution in [0.25, 0.3) is 0 Å². The maximum absolute atomic E-state index is 11.4. The number of nitrogens with zero attached hydrogens (tertiary/aromatic N) is 2. The van der Waals surface area contributed by atoms with Gasteiger partial charge in [-0.3, -0.25) is 0 Å². The Morgan fingerprint density at radius 3 is 2.75 bits per heavy atom. The molecule has 0 radical (unpaired) electrons. The van der Waals surface area contributed by atoms with Crippen LogP contribution in [0.1, 0.15) is 18.6 Å². The highest BCUT2D eigenvalue weighted by molar-refractivity contribution is 7.89. The average molecular weight is 248 g/mol. The highest BCUT2D eigenvalue weighted by Crippen LogP contribution is 1.95. The van der Waals surface area contributed by atoms with Gasteiger partial charge in [0.25, 0.3) is 0 Å². The number of aromatic nitrogens is 2. The third-order valence-corrected chi connectivity index (χ3v) is 3.14. The first-order valence-corrected chi connectivity index (χ1v) is 6.66. The molecule has 0 atom stereocenters. The Balaban J connectivity index is 2.36. The van der Waals surface area contributed by atoms with Crippen LogP contribution in [-0.2, 0) is 16.6 Å². The normalized spacial score (nSPS) is 11.9. The lowest BCUT2D eigenvalue weighted by Gasteiger charge is -2.04. The zero-order valence-corrected chi connectivity index (χ0v) is 10.2. The SMILES string of the molecule is CCNCCS(=O)(=O)NCc1noc(C)n1. The van der Waals surface area contributed by atoms with Crippen molar-refractivity contribution in [2.45, 2.75) is 20.4 Å². The largest absolute Gasteiger partial charge is 0.340 e. The van der Waals surface area contributed by atoms with Crippen LogP contribution in [0.4, 0.5) is 0 Å². The monoisotopic (exact) mass is 248 g/mol. The summed E-state index contributed by atoms with van der Waals surface area (Å²) in [6.45, 7) is 4.81. The molecule has 0 saturated carbocycles. The summed E-state index contributed by atoms with van der Waals surface area (Å²) in [5.74, 6) is 0.795. The molecule has 16 heavy (non-hydrogen) atoms. The molecule has 0 fully saturated rings. The van der Waals surface area contributed by atoms with Crippen molar-refractivity contribution in [2.75, 3.05) is 18.8 Å². The minimum absolute atomic E-state index is 0.0394. The van der Waals surface area contributed by atoms with Crippen LogP contribution in [0, 0.1) is 6.92 Å². The molecule has 0 aliphatic carbocycles. The molecule has 0 aromatic carbocycles. The molecule has 1 aromatic rings. The van der Waals surface area contributed by atoms with Gasteiger partial charge in [0.15, 0.2) is 5.82 Å². The van der Waals surface area contributed by atoms with E-state index in [1.807, 2.05) is 6.92 Å². The smallest absolute Gasteiger partial charge is 0.223 e. The average Bonchev–Trinajstić information content (AvgIpc) is 2.62. The van der Waals surface area contributed by atoms with Crippen LogP contribution in [0.5, 0.6) is 0 Å². The zero-order chi connectivity index (χ0) is 12.0. The molecule has 1 aromatic heterocycles.